The molecule has 1 atom stereocenters. The summed E-state index contributed by atoms with van der Waals surface area (Å²) < 4.78 is 1.88. The normalized spacial score (nSPS) is 19.4. The van der Waals surface area contributed by atoms with Crippen LogP contribution < -0.4 is 4.90 Å². The summed E-state index contributed by atoms with van der Waals surface area (Å²) >= 11 is 0. The van der Waals surface area contributed by atoms with Crippen molar-refractivity contribution in [3.05, 3.63) is 35.4 Å². The van der Waals surface area contributed by atoms with Crippen LogP contribution in [-0.2, 0) is 7.05 Å². The van der Waals surface area contributed by atoms with E-state index >= 15 is 0 Å². The molecule has 106 valence electrons. The van der Waals surface area contributed by atoms with Crippen molar-refractivity contribution >= 4 is 5.95 Å². The van der Waals surface area contributed by atoms with E-state index in [1.807, 2.05) is 37.8 Å². The van der Waals surface area contributed by atoms with E-state index < -0.39 is 0 Å². The first-order valence-corrected chi connectivity index (χ1v) is 7.18. The smallest absolute Gasteiger partial charge is 0.225 e. The Morgan fingerprint density at radius 2 is 1.95 bits per heavy atom. The van der Waals surface area contributed by atoms with Crippen molar-refractivity contribution in [2.24, 2.45) is 7.05 Å². The number of aromatic nitrogens is 4. The minimum Gasteiger partial charge on any atom is -0.340 e. The van der Waals surface area contributed by atoms with E-state index in [0.717, 1.165) is 36.8 Å². The van der Waals surface area contributed by atoms with E-state index in [0.29, 0.717) is 5.92 Å². The molecule has 1 aliphatic heterocycles. The Morgan fingerprint density at radius 3 is 2.60 bits per heavy atom. The lowest BCUT2D eigenvalue weighted by molar-refractivity contribution is 0.490. The van der Waals surface area contributed by atoms with Gasteiger partial charge in [0, 0.05) is 43.6 Å². The molecule has 1 fully saturated rings. The third-order valence-electron chi connectivity index (χ3n) is 3.83. The topological polar surface area (TPSA) is 46.8 Å². The molecule has 3 heterocycles. The predicted octanol–water partition coefficient (Wildman–Crippen LogP) is 2.21. The van der Waals surface area contributed by atoms with Gasteiger partial charge in [-0.15, -0.1) is 0 Å². The van der Waals surface area contributed by atoms with E-state index in [-0.39, 0.29) is 0 Å². The minimum atomic E-state index is 0.481. The van der Waals surface area contributed by atoms with Crippen molar-refractivity contribution in [3.63, 3.8) is 0 Å². The molecular formula is C15H21N5. The predicted molar refractivity (Wildman–Crippen MR) is 78.9 cm³/mol. The van der Waals surface area contributed by atoms with Crippen LogP contribution in [-0.4, -0.2) is 32.8 Å². The summed E-state index contributed by atoms with van der Waals surface area (Å²) in [5.41, 5.74) is 3.25. The molecular weight excluding hydrogens is 250 g/mol. The van der Waals surface area contributed by atoms with Crippen molar-refractivity contribution in [3.8, 4) is 0 Å². The highest BCUT2D eigenvalue weighted by Crippen LogP contribution is 2.27. The highest BCUT2D eigenvalue weighted by molar-refractivity contribution is 5.34. The maximum Gasteiger partial charge on any atom is 0.225 e. The van der Waals surface area contributed by atoms with E-state index in [1.165, 1.54) is 12.1 Å². The van der Waals surface area contributed by atoms with Gasteiger partial charge in [-0.1, -0.05) is 0 Å². The molecule has 5 nitrogen and oxygen atoms in total. The van der Waals surface area contributed by atoms with Gasteiger partial charge in [-0.05, 0) is 38.8 Å². The molecule has 0 amide bonds. The number of rotatable bonds is 2. The van der Waals surface area contributed by atoms with E-state index in [4.69, 9.17) is 0 Å². The molecule has 0 aromatic carbocycles. The first kappa shape index (κ1) is 13.1. The second-order valence-corrected chi connectivity index (χ2v) is 5.65. The Balaban J connectivity index is 1.81. The van der Waals surface area contributed by atoms with Crippen LogP contribution in [0.4, 0.5) is 5.95 Å². The molecule has 20 heavy (non-hydrogen) atoms. The number of nitrogens with zero attached hydrogens (tertiary/aromatic N) is 5. The Bertz CT molecular complexity index is 584. The molecule has 0 saturated carbocycles. The van der Waals surface area contributed by atoms with Crippen LogP contribution >= 0.6 is 0 Å². The molecule has 0 spiro atoms. The van der Waals surface area contributed by atoms with Crippen LogP contribution in [0.2, 0.25) is 0 Å². The number of aryl methyl sites for hydroxylation is 3. The molecule has 1 aliphatic rings. The van der Waals surface area contributed by atoms with E-state index in [9.17, 15) is 0 Å². The Labute approximate surface area is 119 Å². The maximum atomic E-state index is 4.58. The standard InChI is InChI=1S/C15H21N5/c1-11-9-12(2)17-15(16-11)20-7-4-5-13(10-20)14-6-8-19(3)18-14/h6,8-9,13H,4-5,7,10H2,1-3H3/t13-/m1/s1. The van der Waals surface area contributed by atoms with Gasteiger partial charge in [-0.2, -0.15) is 5.10 Å². The van der Waals surface area contributed by atoms with E-state index in [1.54, 1.807) is 0 Å². The molecule has 0 N–H and O–H groups in total. The highest BCUT2D eigenvalue weighted by atomic mass is 15.3. The van der Waals surface area contributed by atoms with Gasteiger partial charge in [0.25, 0.3) is 0 Å². The third-order valence-corrected chi connectivity index (χ3v) is 3.83. The van der Waals surface area contributed by atoms with Crippen LogP contribution in [0.1, 0.15) is 35.8 Å². The second kappa shape index (κ2) is 5.23. The zero-order chi connectivity index (χ0) is 14.1. The SMILES string of the molecule is Cc1cc(C)nc(N2CCC[C@@H](c3ccn(C)n3)C2)n1. The summed E-state index contributed by atoms with van der Waals surface area (Å²) in [5.74, 6) is 1.34. The summed E-state index contributed by atoms with van der Waals surface area (Å²) in [6.45, 7) is 6.04. The fraction of sp³-hybridized carbons (Fsp3) is 0.533. The van der Waals surface area contributed by atoms with Crippen molar-refractivity contribution in [2.45, 2.75) is 32.6 Å². The Kier molecular flexibility index (Phi) is 3.42. The monoisotopic (exact) mass is 271 g/mol. The zero-order valence-corrected chi connectivity index (χ0v) is 12.4. The lowest BCUT2D eigenvalue weighted by atomic mass is 9.95. The summed E-state index contributed by atoms with van der Waals surface area (Å²) in [6.07, 6.45) is 4.37. The van der Waals surface area contributed by atoms with E-state index in [2.05, 4.69) is 26.0 Å². The number of anilines is 1. The molecule has 0 radical (unpaired) electrons. The van der Waals surface area contributed by atoms with Gasteiger partial charge in [0.2, 0.25) is 5.95 Å². The van der Waals surface area contributed by atoms with Crippen LogP contribution in [0.3, 0.4) is 0 Å². The van der Waals surface area contributed by atoms with Crippen LogP contribution in [0, 0.1) is 13.8 Å². The van der Waals surface area contributed by atoms with Gasteiger partial charge in [0.1, 0.15) is 0 Å². The van der Waals surface area contributed by atoms with Crippen LogP contribution in [0.25, 0.3) is 0 Å². The molecule has 5 heteroatoms. The average Bonchev–Trinajstić information content (AvgIpc) is 2.85. The average molecular weight is 271 g/mol. The number of hydrogen-bond acceptors (Lipinski definition) is 4. The maximum absolute atomic E-state index is 4.58. The number of hydrogen-bond donors (Lipinski definition) is 0. The summed E-state index contributed by atoms with van der Waals surface area (Å²) in [6, 6.07) is 4.14. The minimum absolute atomic E-state index is 0.481. The van der Waals surface area contributed by atoms with Gasteiger partial charge in [-0.3, -0.25) is 4.68 Å². The zero-order valence-electron chi connectivity index (χ0n) is 12.4. The highest BCUT2D eigenvalue weighted by Gasteiger charge is 2.24. The van der Waals surface area contributed by atoms with Crippen LogP contribution in [0.15, 0.2) is 18.3 Å². The van der Waals surface area contributed by atoms with Gasteiger partial charge in [0.15, 0.2) is 0 Å². The summed E-state index contributed by atoms with van der Waals surface area (Å²) in [7, 11) is 1.97. The fourth-order valence-corrected chi connectivity index (χ4v) is 2.90. The molecule has 3 rings (SSSR count). The van der Waals surface area contributed by atoms with Crippen molar-refractivity contribution in [1.82, 2.24) is 19.7 Å². The molecule has 1 saturated heterocycles. The Hall–Kier alpha value is -1.91. The largest absolute Gasteiger partial charge is 0.340 e. The summed E-state index contributed by atoms with van der Waals surface area (Å²) in [4.78, 5) is 11.5. The third kappa shape index (κ3) is 2.66. The van der Waals surface area contributed by atoms with Gasteiger partial charge in [0.05, 0.1) is 5.69 Å². The first-order chi connectivity index (χ1) is 9.61. The van der Waals surface area contributed by atoms with Crippen molar-refractivity contribution in [1.29, 1.82) is 0 Å². The van der Waals surface area contributed by atoms with Crippen molar-refractivity contribution in [2.75, 3.05) is 18.0 Å². The molecule has 2 aromatic heterocycles. The molecule has 0 bridgehead atoms. The van der Waals surface area contributed by atoms with Gasteiger partial charge < -0.3 is 4.90 Å². The van der Waals surface area contributed by atoms with Gasteiger partial charge >= 0.3 is 0 Å². The fourth-order valence-electron chi connectivity index (χ4n) is 2.90. The lowest BCUT2D eigenvalue weighted by Gasteiger charge is -2.32. The molecule has 0 aliphatic carbocycles. The van der Waals surface area contributed by atoms with Crippen molar-refractivity contribution < 1.29 is 0 Å². The molecule has 2 aromatic rings. The summed E-state index contributed by atoms with van der Waals surface area (Å²) in [5, 5.41) is 4.55. The molecule has 0 unspecified atom stereocenters. The lowest BCUT2D eigenvalue weighted by Crippen LogP contribution is -2.36. The number of piperidine rings is 1. The Morgan fingerprint density at radius 1 is 1.20 bits per heavy atom. The second-order valence-electron chi connectivity index (χ2n) is 5.65. The quantitative estimate of drug-likeness (QED) is 0.840. The van der Waals surface area contributed by atoms with Gasteiger partial charge in [-0.25, -0.2) is 9.97 Å². The van der Waals surface area contributed by atoms with Crippen LogP contribution in [0.5, 0.6) is 0 Å². The first-order valence-electron chi connectivity index (χ1n) is 7.18.